The van der Waals surface area contributed by atoms with E-state index in [0.717, 1.165) is 21.9 Å². The van der Waals surface area contributed by atoms with Crippen LogP contribution in [0.15, 0.2) is 72.8 Å². The molecule has 0 bridgehead atoms. The number of benzene rings is 3. The smallest absolute Gasteiger partial charge is 0.304 e. The summed E-state index contributed by atoms with van der Waals surface area (Å²) in [5.41, 5.74) is 4.24. The predicted octanol–water partition coefficient (Wildman–Crippen LogP) is 4.25. The number of nitrogens with one attached hydrogen (secondary N) is 2. The highest BCUT2D eigenvalue weighted by Gasteiger charge is 2.28. The fourth-order valence-corrected chi connectivity index (χ4v) is 4.09. The molecule has 0 fully saturated rings. The first-order valence-electron chi connectivity index (χ1n) is 11.8. The Morgan fingerprint density at radius 3 is 2.29 bits per heavy atom. The van der Waals surface area contributed by atoms with Crippen LogP contribution in [0.1, 0.15) is 37.8 Å². The second kappa shape index (κ2) is 12.7. The molecule has 0 aliphatic heterocycles. The maximum absolute atomic E-state index is 13.1. The molecular weight excluding hydrogens is 444 g/mol. The van der Waals surface area contributed by atoms with E-state index in [1.165, 1.54) is 0 Å². The van der Waals surface area contributed by atoms with E-state index in [0.29, 0.717) is 6.42 Å². The highest BCUT2D eigenvalue weighted by molar-refractivity contribution is 5.91. The van der Waals surface area contributed by atoms with Gasteiger partial charge in [-0.3, -0.25) is 19.2 Å². The van der Waals surface area contributed by atoms with Gasteiger partial charge in [0.2, 0.25) is 5.91 Å². The first-order chi connectivity index (χ1) is 16.8. The van der Waals surface area contributed by atoms with Crippen molar-refractivity contribution in [3.05, 3.63) is 83.9 Å². The fraction of sp³-hybridized carbons (Fsp3) is 0.321. The zero-order valence-corrected chi connectivity index (χ0v) is 20.1. The molecule has 0 saturated heterocycles. The summed E-state index contributed by atoms with van der Waals surface area (Å²) in [6.45, 7) is 4.04. The van der Waals surface area contributed by atoms with Gasteiger partial charge in [0, 0.05) is 12.3 Å². The molecule has 7 heteroatoms. The Hall–Kier alpha value is -3.71. The van der Waals surface area contributed by atoms with Crippen molar-refractivity contribution in [3.63, 3.8) is 0 Å². The Kier molecular flexibility index (Phi) is 9.38. The van der Waals surface area contributed by atoms with E-state index in [1.54, 1.807) is 0 Å². The first-order valence-corrected chi connectivity index (χ1v) is 11.8. The van der Waals surface area contributed by atoms with E-state index >= 15 is 0 Å². The molecule has 0 saturated carbocycles. The van der Waals surface area contributed by atoms with Crippen molar-refractivity contribution in [2.45, 2.75) is 45.8 Å². The minimum Gasteiger partial charge on any atom is -0.481 e. The van der Waals surface area contributed by atoms with Gasteiger partial charge in [0.1, 0.15) is 6.04 Å². The molecule has 3 aromatic carbocycles. The number of aliphatic carboxylic acids is 1. The monoisotopic (exact) mass is 476 g/mol. The van der Waals surface area contributed by atoms with Crippen LogP contribution in [0.2, 0.25) is 0 Å². The predicted molar refractivity (Wildman–Crippen MR) is 134 cm³/mol. The number of fused-ring (bicyclic) bond motifs is 1. The van der Waals surface area contributed by atoms with Crippen LogP contribution in [0.25, 0.3) is 10.8 Å². The molecule has 35 heavy (non-hydrogen) atoms. The lowest BCUT2D eigenvalue weighted by Gasteiger charge is -2.23. The summed E-state index contributed by atoms with van der Waals surface area (Å²) in [6.07, 6.45) is 0.345. The number of carboxylic acids is 1. The van der Waals surface area contributed by atoms with E-state index in [4.69, 9.17) is 4.84 Å². The Morgan fingerprint density at radius 1 is 0.886 bits per heavy atom. The topological polar surface area (TPSA) is 105 Å². The van der Waals surface area contributed by atoms with Crippen LogP contribution in [0.5, 0.6) is 0 Å². The van der Waals surface area contributed by atoms with Gasteiger partial charge < -0.3 is 10.4 Å². The van der Waals surface area contributed by atoms with Gasteiger partial charge in [-0.25, -0.2) is 5.48 Å². The number of carboxylic acid groups (broad SMARTS) is 1. The average molecular weight is 477 g/mol. The molecule has 0 spiro atoms. The molecule has 0 heterocycles. The van der Waals surface area contributed by atoms with Crippen LogP contribution >= 0.6 is 0 Å². The zero-order chi connectivity index (χ0) is 25.2. The molecule has 0 radical (unpaired) electrons. The van der Waals surface area contributed by atoms with Gasteiger partial charge in [0.15, 0.2) is 0 Å². The molecular formula is C28H32N2O5. The second-order valence-corrected chi connectivity index (χ2v) is 9.07. The molecule has 0 aromatic heterocycles. The summed E-state index contributed by atoms with van der Waals surface area (Å²) in [6, 6.07) is 22.1. The molecule has 184 valence electrons. The van der Waals surface area contributed by atoms with E-state index in [-0.39, 0.29) is 25.4 Å². The Morgan fingerprint density at radius 2 is 1.57 bits per heavy atom. The quantitative estimate of drug-likeness (QED) is 0.339. The third-order valence-electron chi connectivity index (χ3n) is 5.74. The SMILES string of the molecule is CC(C)C[C@H](CC(=O)O)C(=O)N[C@@H](Cc1cccc2ccccc12)C(=O)NOCc1ccccc1. The highest BCUT2D eigenvalue weighted by atomic mass is 16.6. The van der Waals surface area contributed by atoms with Gasteiger partial charge in [-0.05, 0) is 34.2 Å². The lowest BCUT2D eigenvalue weighted by molar-refractivity contribution is -0.143. The van der Waals surface area contributed by atoms with Crippen molar-refractivity contribution < 1.29 is 24.3 Å². The third kappa shape index (κ3) is 7.93. The van der Waals surface area contributed by atoms with E-state index < -0.39 is 29.7 Å². The van der Waals surface area contributed by atoms with E-state index in [9.17, 15) is 19.5 Å². The normalized spacial score (nSPS) is 12.8. The fourth-order valence-electron chi connectivity index (χ4n) is 4.09. The number of hydroxylamine groups is 1. The van der Waals surface area contributed by atoms with Crippen LogP contribution in [0.3, 0.4) is 0 Å². The number of carbonyl (C=O) groups excluding carboxylic acids is 2. The molecule has 2 atom stereocenters. The van der Waals surface area contributed by atoms with Crippen LogP contribution in [-0.4, -0.2) is 28.9 Å². The number of rotatable bonds is 12. The molecule has 3 N–H and O–H groups in total. The Labute approximate surface area is 205 Å². The van der Waals surface area contributed by atoms with Crippen molar-refractivity contribution in [1.29, 1.82) is 0 Å². The van der Waals surface area contributed by atoms with Crippen molar-refractivity contribution in [2.24, 2.45) is 11.8 Å². The number of hydrogen-bond acceptors (Lipinski definition) is 4. The van der Waals surface area contributed by atoms with Gasteiger partial charge in [0.25, 0.3) is 5.91 Å². The summed E-state index contributed by atoms with van der Waals surface area (Å²) in [4.78, 5) is 43.0. The minimum absolute atomic E-state index is 0.129. The number of hydrogen-bond donors (Lipinski definition) is 3. The molecule has 3 rings (SSSR count). The summed E-state index contributed by atoms with van der Waals surface area (Å²) in [7, 11) is 0. The van der Waals surface area contributed by atoms with E-state index in [2.05, 4.69) is 10.8 Å². The maximum Gasteiger partial charge on any atom is 0.304 e. The molecule has 2 amide bonds. The van der Waals surface area contributed by atoms with Crippen molar-refractivity contribution in [3.8, 4) is 0 Å². The summed E-state index contributed by atoms with van der Waals surface area (Å²) < 4.78 is 0. The third-order valence-corrected chi connectivity index (χ3v) is 5.74. The molecule has 0 aliphatic rings. The summed E-state index contributed by atoms with van der Waals surface area (Å²) >= 11 is 0. The Balaban J connectivity index is 1.78. The molecule has 0 unspecified atom stereocenters. The van der Waals surface area contributed by atoms with Crippen LogP contribution in [0.4, 0.5) is 0 Å². The zero-order valence-electron chi connectivity index (χ0n) is 20.1. The maximum atomic E-state index is 13.1. The standard InChI is InChI=1S/C28H32N2O5/c1-19(2)15-23(17-26(31)32)27(33)29-25(28(34)30-35-18-20-9-4-3-5-10-20)16-22-13-8-12-21-11-6-7-14-24(21)22/h3-14,19,23,25H,15-18H2,1-2H3,(H,29,33)(H,30,34)(H,31,32)/t23-,25+/m1/s1. The van der Waals surface area contributed by atoms with Gasteiger partial charge >= 0.3 is 5.97 Å². The van der Waals surface area contributed by atoms with Gasteiger partial charge in [-0.2, -0.15) is 0 Å². The van der Waals surface area contributed by atoms with Gasteiger partial charge in [-0.15, -0.1) is 0 Å². The summed E-state index contributed by atoms with van der Waals surface area (Å²) in [5.74, 6) is -2.61. The first kappa shape index (κ1) is 25.9. The lowest BCUT2D eigenvalue weighted by atomic mass is 9.92. The Bertz CT molecular complexity index is 1140. The number of amides is 2. The van der Waals surface area contributed by atoms with Gasteiger partial charge in [-0.1, -0.05) is 86.6 Å². The molecule has 3 aromatic rings. The van der Waals surface area contributed by atoms with Crippen molar-refractivity contribution in [1.82, 2.24) is 10.8 Å². The van der Waals surface area contributed by atoms with Crippen molar-refractivity contribution in [2.75, 3.05) is 0 Å². The van der Waals surface area contributed by atoms with Crippen LogP contribution in [-0.2, 0) is 32.2 Å². The van der Waals surface area contributed by atoms with Crippen LogP contribution < -0.4 is 10.8 Å². The van der Waals surface area contributed by atoms with Crippen LogP contribution in [0, 0.1) is 11.8 Å². The van der Waals surface area contributed by atoms with E-state index in [1.807, 2.05) is 86.6 Å². The largest absolute Gasteiger partial charge is 0.481 e. The molecule has 0 aliphatic carbocycles. The van der Waals surface area contributed by atoms with Gasteiger partial charge in [0.05, 0.1) is 13.0 Å². The summed E-state index contributed by atoms with van der Waals surface area (Å²) in [5, 5.41) is 14.1. The lowest BCUT2D eigenvalue weighted by Crippen LogP contribution is -2.50. The second-order valence-electron chi connectivity index (χ2n) is 9.07. The number of carbonyl (C=O) groups is 3. The average Bonchev–Trinajstić information content (AvgIpc) is 2.83. The van der Waals surface area contributed by atoms with Crippen molar-refractivity contribution >= 4 is 28.6 Å². The minimum atomic E-state index is -1.05. The molecule has 7 nitrogen and oxygen atoms in total. The highest BCUT2D eigenvalue weighted by Crippen LogP contribution is 2.21.